The van der Waals surface area contributed by atoms with E-state index in [9.17, 15) is 9.59 Å². The molecule has 17 heavy (non-hydrogen) atoms. The fourth-order valence-electron chi connectivity index (χ4n) is 3.38. The van der Waals surface area contributed by atoms with E-state index in [2.05, 4.69) is 0 Å². The molecule has 94 valence electrons. The Morgan fingerprint density at radius 3 is 2.41 bits per heavy atom. The molecule has 0 aromatic heterocycles. The number of carbonyl (C=O) groups excluding carboxylic acids is 1. The number of aliphatic carboxylic acids is 1. The van der Waals surface area contributed by atoms with E-state index in [-0.39, 0.29) is 5.91 Å². The molecule has 0 aromatic carbocycles. The van der Waals surface area contributed by atoms with Gasteiger partial charge in [0.2, 0.25) is 0 Å². The van der Waals surface area contributed by atoms with E-state index in [4.69, 9.17) is 9.84 Å². The van der Waals surface area contributed by atoms with Gasteiger partial charge in [0.1, 0.15) is 6.10 Å². The topological polar surface area (TPSA) is 66.8 Å². The second-order valence-corrected chi connectivity index (χ2v) is 5.35. The van der Waals surface area contributed by atoms with Gasteiger partial charge < -0.3 is 14.7 Å². The van der Waals surface area contributed by atoms with Gasteiger partial charge in [-0.2, -0.15) is 0 Å². The normalized spacial score (nSPS) is 39.9. The molecule has 0 spiro atoms. The average molecular weight is 239 g/mol. The van der Waals surface area contributed by atoms with Crippen LogP contribution < -0.4 is 0 Å². The fraction of sp³-hybridized carbons (Fsp3) is 0.833. The van der Waals surface area contributed by atoms with Crippen LogP contribution in [-0.4, -0.2) is 46.7 Å². The quantitative estimate of drug-likeness (QED) is 0.767. The second kappa shape index (κ2) is 3.98. The summed E-state index contributed by atoms with van der Waals surface area (Å²) in [7, 11) is 0. The molecule has 4 atom stereocenters. The first-order chi connectivity index (χ1) is 8.15. The smallest absolute Gasteiger partial charge is 0.332 e. The van der Waals surface area contributed by atoms with Crippen LogP contribution >= 0.6 is 0 Å². The van der Waals surface area contributed by atoms with Crippen LogP contribution in [0.5, 0.6) is 0 Å². The third-order valence-electron chi connectivity index (χ3n) is 4.26. The Kier molecular flexibility index (Phi) is 2.58. The molecule has 0 aromatic rings. The Bertz CT molecular complexity index is 356. The van der Waals surface area contributed by atoms with E-state index < -0.39 is 18.2 Å². The molecule has 5 heteroatoms. The lowest BCUT2D eigenvalue weighted by molar-refractivity contribution is -0.155. The number of nitrogens with zero attached hydrogens (tertiary/aromatic N) is 1. The Morgan fingerprint density at radius 1 is 1.12 bits per heavy atom. The van der Waals surface area contributed by atoms with E-state index in [1.807, 2.05) is 4.90 Å². The van der Waals surface area contributed by atoms with Crippen molar-refractivity contribution in [1.82, 2.24) is 4.90 Å². The van der Waals surface area contributed by atoms with Crippen LogP contribution in [0.15, 0.2) is 0 Å². The lowest BCUT2D eigenvalue weighted by atomic mass is 10.1. The number of piperidine rings is 1. The second-order valence-electron chi connectivity index (χ2n) is 5.35. The standard InChI is InChI=1S/C12H17NO4/c14-11(9-3-4-10(17-9)12(15)16)13-6-7-1-2-8(13)5-7/h7-10H,1-6H2,(H,15,16). The zero-order valence-corrected chi connectivity index (χ0v) is 9.67. The van der Waals surface area contributed by atoms with Crippen molar-refractivity contribution >= 4 is 11.9 Å². The number of hydrogen-bond donors (Lipinski definition) is 1. The summed E-state index contributed by atoms with van der Waals surface area (Å²) in [6.07, 6.45) is 3.15. The van der Waals surface area contributed by atoms with Crippen molar-refractivity contribution in [3.8, 4) is 0 Å². The SMILES string of the molecule is O=C(O)C1CCC(C(=O)N2CC3CCC2C3)O1. The fourth-order valence-corrected chi connectivity index (χ4v) is 3.38. The van der Waals surface area contributed by atoms with Crippen molar-refractivity contribution in [3.05, 3.63) is 0 Å². The van der Waals surface area contributed by atoms with Gasteiger partial charge in [-0.1, -0.05) is 0 Å². The highest BCUT2D eigenvalue weighted by atomic mass is 16.5. The monoisotopic (exact) mass is 239 g/mol. The molecule has 4 unspecified atom stereocenters. The first-order valence-electron chi connectivity index (χ1n) is 6.34. The zero-order chi connectivity index (χ0) is 12.0. The number of carboxylic acid groups (broad SMARTS) is 1. The molecule has 3 fully saturated rings. The summed E-state index contributed by atoms with van der Waals surface area (Å²) >= 11 is 0. The summed E-state index contributed by atoms with van der Waals surface area (Å²) in [5.41, 5.74) is 0. The van der Waals surface area contributed by atoms with Gasteiger partial charge >= 0.3 is 5.97 Å². The molecule has 3 aliphatic rings. The highest BCUT2D eigenvalue weighted by molar-refractivity contribution is 5.83. The molecule has 5 nitrogen and oxygen atoms in total. The van der Waals surface area contributed by atoms with E-state index in [1.165, 1.54) is 6.42 Å². The Balaban J connectivity index is 1.62. The van der Waals surface area contributed by atoms with Gasteiger partial charge in [-0.3, -0.25) is 4.79 Å². The lowest BCUT2D eigenvalue weighted by Gasteiger charge is -2.29. The molecule has 2 heterocycles. The van der Waals surface area contributed by atoms with Crippen LogP contribution in [0.1, 0.15) is 32.1 Å². The average Bonchev–Trinajstić information content (AvgIpc) is 3.03. The maximum atomic E-state index is 12.2. The number of amides is 1. The van der Waals surface area contributed by atoms with Crippen molar-refractivity contribution in [1.29, 1.82) is 0 Å². The van der Waals surface area contributed by atoms with Crippen LogP contribution in [0.25, 0.3) is 0 Å². The molecule has 1 saturated carbocycles. The number of likely N-dealkylation sites (tertiary alicyclic amines) is 1. The molecule has 1 N–H and O–H groups in total. The Labute approximate surface area is 99.7 Å². The van der Waals surface area contributed by atoms with Gasteiger partial charge in [0.05, 0.1) is 0 Å². The van der Waals surface area contributed by atoms with Crippen molar-refractivity contribution in [2.45, 2.75) is 50.4 Å². The van der Waals surface area contributed by atoms with Crippen molar-refractivity contribution in [2.75, 3.05) is 6.54 Å². The largest absolute Gasteiger partial charge is 0.479 e. The lowest BCUT2D eigenvalue weighted by Crippen LogP contribution is -2.44. The van der Waals surface area contributed by atoms with Gasteiger partial charge in [-0.25, -0.2) is 4.79 Å². The van der Waals surface area contributed by atoms with Crippen LogP contribution in [0.4, 0.5) is 0 Å². The van der Waals surface area contributed by atoms with E-state index >= 15 is 0 Å². The minimum Gasteiger partial charge on any atom is -0.479 e. The molecule has 0 radical (unpaired) electrons. The number of hydrogen-bond acceptors (Lipinski definition) is 3. The summed E-state index contributed by atoms with van der Waals surface area (Å²) in [4.78, 5) is 24.9. The van der Waals surface area contributed by atoms with Crippen LogP contribution in [-0.2, 0) is 14.3 Å². The summed E-state index contributed by atoms with van der Waals surface area (Å²) in [5, 5.41) is 8.83. The molecule has 2 bridgehead atoms. The summed E-state index contributed by atoms with van der Waals surface area (Å²) in [5.74, 6) is -0.273. The van der Waals surface area contributed by atoms with E-state index in [0.29, 0.717) is 24.8 Å². The third-order valence-corrected chi connectivity index (χ3v) is 4.26. The maximum absolute atomic E-state index is 12.2. The van der Waals surface area contributed by atoms with Gasteiger partial charge in [-0.05, 0) is 38.0 Å². The minimum atomic E-state index is -0.955. The number of carboxylic acids is 1. The first kappa shape index (κ1) is 11.0. The number of ether oxygens (including phenoxy) is 1. The van der Waals surface area contributed by atoms with Gasteiger partial charge in [0.25, 0.3) is 5.91 Å². The first-order valence-corrected chi connectivity index (χ1v) is 6.34. The number of fused-ring (bicyclic) bond motifs is 2. The molecule has 1 amide bonds. The van der Waals surface area contributed by atoms with E-state index in [1.54, 1.807) is 0 Å². The van der Waals surface area contributed by atoms with Crippen LogP contribution in [0.2, 0.25) is 0 Å². The molecule has 3 rings (SSSR count). The Morgan fingerprint density at radius 2 is 1.88 bits per heavy atom. The van der Waals surface area contributed by atoms with Crippen LogP contribution in [0.3, 0.4) is 0 Å². The molecular formula is C12H17NO4. The molecule has 2 saturated heterocycles. The van der Waals surface area contributed by atoms with Crippen molar-refractivity contribution in [2.24, 2.45) is 5.92 Å². The maximum Gasteiger partial charge on any atom is 0.332 e. The number of rotatable bonds is 2. The van der Waals surface area contributed by atoms with Gasteiger partial charge in [0.15, 0.2) is 6.10 Å². The minimum absolute atomic E-state index is 0.0148. The highest BCUT2D eigenvalue weighted by Crippen LogP contribution is 2.38. The zero-order valence-electron chi connectivity index (χ0n) is 9.67. The predicted octanol–water partition coefficient (Wildman–Crippen LogP) is 0.629. The van der Waals surface area contributed by atoms with Gasteiger partial charge in [-0.15, -0.1) is 0 Å². The van der Waals surface area contributed by atoms with E-state index in [0.717, 1.165) is 19.4 Å². The molecular weight excluding hydrogens is 222 g/mol. The van der Waals surface area contributed by atoms with Crippen molar-refractivity contribution < 1.29 is 19.4 Å². The third kappa shape index (κ3) is 1.82. The number of carbonyl (C=O) groups is 2. The summed E-state index contributed by atoms with van der Waals surface area (Å²) in [6, 6.07) is 0.389. The van der Waals surface area contributed by atoms with Crippen LogP contribution in [0, 0.1) is 5.92 Å². The predicted molar refractivity (Wildman–Crippen MR) is 58.4 cm³/mol. The summed E-state index contributed by atoms with van der Waals surface area (Å²) < 4.78 is 5.31. The molecule has 2 aliphatic heterocycles. The molecule has 1 aliphatic carbocycles. The van der Waals surface area contributed by atoms with Crippen molar-refractivity contribution in [3.63, 3.8) is 0 Å². The Hall–Kier alpha value is -1.10. The summed E-state index contributed by atoms with van der Waals surface area (Å²) in [6.45, 7) is 0.848. The highest BCUT2D eigenvalue weighted by Gasteiger charge is 2.44. The van der Waals surface area contributed by atoms with Gasteiger partial charge in [0, 0.05) is 12.6 Å².